The Morgan fingerprint density at radius 1 is 1.15 bits per heavy atom. The van der Waals surface area contributed by atoms with Crippen LogP contribution in [0.2, 0.25) is 5.15 Å². The number of anilines is 1. The summed E-state index contributed by atoms with van der Waals surface area (Å²) in [6.07, 6.45) is 0. The fourth-order valence-corrected chi connectivity index (χ4v) is 2.19. The normalized spacial score (nSPS) is 10.2. The quantitative estimate of drug-likeness (QED) is 0.854. The summed E-state index contributed by atoms with van der Waals surface area (Å²) in [7, 11) is 3.26. The zero-order chi connectivity index (χ0) is 14.5. The second kappa shape index (κ2) is 6.48. The second-order valence-electron chi connectivity index (χ2n) is 4.27. The number of methoxy groups -OCH3 is 2. The van der Waals surface area contributed by atoms with Crippen molar-refractivity contribution in [2.24, 2.45) is 0 Å². The average Bonchev–Trinajstić information content (AvgIpc) is 2.45. The number of ether oxygens (including phenoxy) is 2. The van der Waals surface area contributed by atoms with Gasteiger partial charge in [-0.1, -0.05) is 23.7 Å². The van der Waals surface area contributed by atoms with E-state index < -0.39 is 0 Å². The molecule has 0 atom stereocenters. The molecule has 0 bridgehead atoms. The highest BCUT2D eigenvalue weighted by Gasteiger charge is 2.09. The summed E-state index contributed by atoms with van der Waals surface area (Å²) in [6, 6.07) is 9.48. The van der Waals surface area contributed by atoms with Gasteiger partial charge in [0.1, 0.15) is 5.15 Å². The van der Waals surface area contributed by atoms with Gasteiger partial charge < -0.3 is 14.8 Å². The van der Waals surface area contributed by atoms with Crippen LogP contribution in [0.5, 0.6) is 11.5 Å². The molecular formula is C15H17ClN2O2. The van der Waals surface area contributed by atoms with E-state index in [4.69, 9.17) is 21.1 Å². The summed E-state index contributed by atoms with van der Waals surface area (Å²) in [5, 5.41) is 3.82. The van der Waals surface area contributed by atoms with E-state index in [0.29, 0.717) is 11.7 Å². The smallest absolute Gasteiger partial charge is 0.165 e. The SMILES string of the molecule is COc1cccc(CNc2ccc(Cl)nc2C)c1OC. The number of pyridine rings is 1. The topological polar surface area (TPSA) is 43.4 Å². The van der Waals surface area contributed by atoms with E-state index in [1.807, 2.05) is 31.2 Å². The van der Waals surface area contributed by atoms with E-state index in [-0.39, 0.29) is 0 Å². The largest absolute Gasteiger partial charge is 0.493 e. The average molecular weight is 293 g/mol. The first-order valence-corrected chi connectivity index (χ1v) is 6.60. The number of aryl methyl sites for hydroxylation is 1. The number of hydrogen-bond acceptors (Lipinski definition) is 4. The van der Waals surface area contributed by atoms with Gasteiger partial charge in [0.05, 0.1) is 25.6 Å². The summed E-state index contributed by atoms with van der Waals surface area (Å²) in [6.45, 7) is 2.53. The van der Waals surface area contributed by atoms with E-state index in [1.54, 1.807) is 20.3 Å². The molecule has 0 amide bonds. The highest BCUT2D eigenvalue weighted by molar-refractivity contribution is 6.29. The molecule has 20 heavy (non-hydrogen) atoms. The van der Waals surface area contributed by atoms with Crippen LogP contribution in [0.4, 0.5) is 5.69 Å². The molecule has 106 valence electrons. The monoisotopic (exact) mass is 292 g/mol. The van der Waals surface area contributed by atoms with Gasteiger partial charge in [0.15, 0.2) is 11.5 Å². The predicted octanol–water partition coefficient (Wildman–Crippen LogP) is 3.67. The number of aromatic nitrogens is 1. The van der Waals surface area contributed by atoms with Gasteiger partial charge in [0.2, 0.25) is 0 Å². The number of halogens is 1. The van der Waals surface area contributed by atoms with Crippen molar-refractivity contribution in [1.82, 2.24) is 4.98 Å². The van der Waals surface area contributed by atoms with Gasteiger partial charge >= 0.3 is 0 Å². The molecule has 1 N–H and O–H groups in total. The first-order valence-electron chi connectivity index (χ1n) is 6.22. The number of hydrogen-bond donors (Lipinski definition) is 1. The Hall–Kier alpha value is -1.94. The van der Waals surface area contributed by atoms with E-state index in [1.165, 1.54) is 0 Å². The number of benzene rings is 1. The fourth-order valence-electron chi connectivity index (χ4n) is 2.00. The second-order valence-corrected chi connectivity index (χ2v) is 4.66. The Labute approximate surface area is 123 Å². The standard InChI is InChI=1S/C15H17ClN2O2/c1-10-12(7-8-14(16)18-10)17-9-11-5-4-6-13(19-2)15(11)20-3/h4-8,17H,9H2,1-3H3. The number of nitrogens with zero attached hydrogens (tertiary/aromatic N) is 1. The van der Waals surface area contributed by atoms with Crippen LogP contribution in [-0.2, 0) is 6.54 Å². The molecule has 0 spiro atoms. The fraction of sp³-hybridized carbons (Fsp3) is 0.267. The number of nitrogens with one attached hydrogen (secondary N) is 1. The van der Waals surface area contributed by atoms with Crippen molar-refractivity contribution in [3.05, 3.63) is 46.7 Å². The molecule has 5 heteroatoms. The zero-order valence-electron chi connectivity index (χ0n) is 11.7. The lowest BCUT2D eigenvalue weighted by molar-refractivity contribution is 0.352. The van der Waals surface area contributed by atoms with Crippen LogP contribution in [-0.4, -0.2) is 19.2 Å². The summed E-state index contributed by atoms with van der Waals surface area (Å²) >= 11 is 5.85. The lowest BCUT2D eigenvalue weighted by Gasteiger charge is -2.14. The molecule has 0 saturated carbocycles. The highest BCUT2D eigenvalue weighted by atomic mass is 35.5. The molecule has 2 rings (SSSR count). The summed E-state index contributed by atoms with van der Waals surface area (Å²) in [5.41, 5.74) is 2.82. The van der Waals surface area contributed by atoms with Crippen LogP contribution < -0.4 is 14.8 Å². The Bertz CT molecular complexity index is 602. The van der Waals surface area contributed by atoms with Gasteiger partial charge in [-0.15, -0.1) is 0 Å². The molecule has 1 heterocycles. The number of rotatable bonds is 5. The Kier molecular flexibility index (Phi) is 4.69. The Morgan fingerprint density at radius 2 is 1.95 bits per heavy atom. The first kappa shape index (κ1) is 14.5. The molecule has 0 aliphatic heterocycles. The maximum Gasteiger partial charge on any atom is 0.165 e. The molecule has 1 aromatic heterocycles. The minimum atomic E-state index is 0.493. The molecule has 1 aromatic carbocycles. The molecule has 2 aromatic rings. The molecule has 0 radical (unpaired) electrons. The van der Waals surface area contributed by atoms with E-state index in [2.05, 4.69) is 10.3 Å². The van der Waals surface area contributed by atoms with Crippen LogP contribution in [0.25, 0.3) is 0 Å². The van der Waals surface area contributed by atoms with Gasteiger partial charge in [0, 0.05) is 12.1 Å². The minimum absolute atomic E-state index is 0.493. The minimum Gasteiger partial charge on any atom is -0.493 e. The van der Waals surface area contributed by atoms with Crippen molar-refractivity contribution in [3.63, 3.8) is 0 Å². The van der Waals surface area contributed by atoms with Crippen molar-refractivity contribution < 1.29 is 9.47 Å². The third kappa shape index (κ3) is 3.14. The number of para-hydroxylation sites is 1. The van der Waals surface area contributed by atoms with Crippen molar-refractivity contribution >= 4 is 17.3 Å². The maximum absolute atomic E-state index is 5.85. The van der Waals surface area contributed by atoms with Crippen LogP contribution in [0.15, 0.2) is 30.3 Å². The molecule has 0 unspecified atom stereocenters. The first-order chi connectivity index (χ1) is 9.65. The predicted molar refractivity (Wildman–Crippen MR) is 80.9 cm³/mol. The van der Waals surface area contributed by atoms with Gasteiger partial charge in [-0.25, -0.2) is 4.98 Å². The highest BCUT2D eigenvalue weighted by Crippen LogP contribution is 2.31. The van der Waals surface area contributed by atoms with E-state index >= 15 is 0 Å². The van der Waals surface area contributed by atoms with Crippen molar-refractivity contribution in [2.45, 2.75) is 13.5 Å². The van der Waals surface area contributed by atoms with Gasteiger partial charge in [-0.2, -0.15) is 0 Å². The molecular weight excluding hydrogens is 276 g/mol. The molecule has 4 nitrogen and oxygen atoms in total. The van der Waals surface area contributed by atoms with Crippen molar-refractivity contribution in [2.75, 3.05) is 19.5 Å². The van der Waals surface area contributed by atoms with Gasteiger partial charge in [0.25, 0.3) is 0 Å². The van der Waals surface area contributed by atoms with Crippen LogP contribution >= 0.6 is 11.6 Å². The van der Waals surface area contributed by atoms with Gasteiger partial charge in [-0.05, 0) is 25.1 Å². The van der Waals surface area contributed by atoms with Crippen molar-refractivity contribution in [1.29, 1.82) is 0 Å². The lowest BCUT2D eigenvalue weighted by Crippen LogP contribution is -2.04. The van der Waals surface area contributed by atoms with Crippen LogP contribution in [0.3, 0.4) is 0 Å². The van der Waals surface area contributed by atoms with Crippen LogP contribution in [0.1, 0.15) is 11.3 Å². The third-order valence-electron chi connectivity index (χ3n) is 3.01. The Morgan fingerprint density at radius 3 is 2.60 bits per heavy atom. The molecule has 0 fully saturated rings. The summed E-state index contributed by atoms with van der Waals surface area (Å²) < 4.78 is 10.7. The van der Waals surface area contributed by atoms with Gasteiger partial charge in [-0.3, -0.25) is 0 Å². The molecule has 0 aliphatic rings. The van der Waals surface area contributed by atoms with E-state index in [0.717, 1.165) is 28.4 Å². The lowest BCUT2D eigenvalue weighted by atomic mass is 10.1. The maximum atomic E-state index is 5.85. The molecule has 0 saturated heterocycles. The van der Waals surface area contributed by atoms with Crippen molar-refractivity contribution in [3.8, 4) is 11.5 Å². The Balaban J connectivity index is 2.18. The zero-order valence-corrected chi connectivity index (χ0v) is 12.5. The summed E-state index contributed by atoms with van der Waals surface area (Å²) in [5.74, 6) is 1.46. The van der Waals surface area contributed by atoms with Crippen LogP contribution in [0, 0.1) is 6.92 Å². The third-order valence-corrected chi connectivity index (χ3v) is 3.22. The molecule has 0 aliphatic carbocycles. The summed E-state index contributed by atoms with van der Waals surface area (Å²) in [4.78, 5) is 4.21. The van der Waals surface area contributed by atoms with E-state index in [9.17, 15) is 0 Å².